The molecule has 1 nitrogen and oxygen atoms in total. The molecule has 0 atom stereocenters. The largest absolute Gasteiger partial charge is 0.241 e. The molecule has 0 N–H and O–H groups in total. The maximum absolute atomic E-state index is 4.76. The molecule has 2 heteroatoms. The molecule has 1 rings (SSSR count). The van der Waals surface area contributed by atoms with Gasteiger partial charge in [0.05, 0.1) is 5.69 Å². The third-order valence-electron chi connectivity index (χ3n) is 3.98. The summed E-state index contributed by atoms with van der Waals surface area (Å²) < 4.78 is 0. The van der Waals surface area contributed by atoms with E-state index in [-0.39, 0.29) is 5.41 Å². The van der Waals surface area contributed by atoms with Crippen molar-refractivity contribution in [1.29, 1.82) is 0 Å². The zero-order chi connectivity index (χ0) is 14.1. The molecule has 0 saturated carbocycles. The first-order valence-corrected chi connectivity index (χ1v) is 8.62. The van der Waals surface area contributed by atoms with Gasteiger partial charge in [-0.2, -0.15) is 0 Å². The molecule has 0 aliphatic rings. The number of hydrogen-bond acceptors (Lipinski definition) is 2. The zero-order valence-electron chi connectivity index (χ0n) is 12.9. The molecule has 0 fully saturated rings. The van der Waals surface area contributed by atoms with E-state index in [1.165, 1.54) is 57.1 Å². The van der Waals surface area contributed by atoms with Gasteiger partial charge in [0.2, 0.25) is 0 Å². The van der Waals surface area contributed by atoms with Crippen LogP contribution < -0.4 is 0 Å². The summed E-state index contributed by atoms with van der Waals surface area (Å²) in [5, 5.41) is 3.31. The van der Waals surface area contributed by atoms with Crippen LogP contribution in [0.4, 0.5) is 0 Å². The smallest absolute Gasteiger partial charge is 0.115 e. The van der Waals surface area contributed by atoms with Crippen molar-refractivity contribution < 1.29 is 0 Å². The van der Waals surface area contributed by atoms with Crippen molar-refractivity contribution in [3.63, 3.8) is 0 Å². The number of unbranched alkanes of at least 4 members (excludes halogenated alkanes) is 4. The Morgan fingerprint density at radius 3 is 2.16 bits per heavy atom. The lowest BCUT2D eigenvalue weighted by Crippen LogP contribution is -2.22. The second kappa shape index (κ2) is 8.52. The van der Waals surface area contributed by atoms with Crippen LogP contribution in [-0.4, -0.2) is 4.98 Å². The van der Waals surface area contributed by atoms with Gasteiger partial charge in [-0.1, -0.05) is 65.9 Å². The Labute approximate surface area is 123 Å². The van der Waals surface area contributed by atoms with Crippen molar-refractivity contribution in [2.45, 2.75) is 77.6 Å². The van der Waals surface area contributed by atoms with Crippen molar-refractivity contribution in [3.8, 4) is 0 Å². The van der Waals surface area contributed by atoms with Crippen molar-refractivity contribution >= 4 is 17.4 Å². The van der Waals surface area contributed by atoms with Gasteiger partial charge in [-0.05, 0) is 18.9 Å². The molecule has 0 amide bonds. The number of rotatable bonds is 10. The minimum absolute atomic E-state index is 0.266. The molecule has 1 aromatic rings. The molecule has 0 aliphatic heterocycles. The van der Waals surface area contributed by atoms with Crippen molar-refractivity contribution in [2.75, 3.05) is 0 Å². The van der Waals surface area contributed by atoms with Crippen LogP contribution in [0.1, 0.15) is 82.8 Å². The van der Waals surface area contributed by atoms with Gasteiger partial charge in [0.1, 0.15) is 5.01 Å². The fourth-order valence-electron chi connectivity index (χ4n) is 2.57. The van der Waals surface area contributed by atoms with E-state index in [2.05, 4.69) is 32.7 Å². The Morgan fingerprint density at radius 2 is 1.74 bits per heavy atom. The summed E-state index contributed by atoms with van der Waals surface area (Å²) in [4.78, 5) is 4.76. The van der Waals surface area contributed by atoms with Gasteiger partial charge < -0.3 is 0 Å². The minimum Gasteiger partial charge on any atom is -0.241 e. The Morgan fingerprint density at radius 1 is 1.16 bits per heavy atom. The quantitative estimate of drug-likeness (QED) is 0.464. The standard InChI is InChI=1S/C17H29NS/c1-5-8-10-12-17(4,13-11-9-6-2)15-14-19-16(7-3)18-15/h7,14H,3,5-6,8-13H2,1-2,4H3. The molecular formula is C17H29NS. The van der Waals surface area contributed by atoms with Crippen molar-refractivity contribution in [1.82, 2.24) is 4.98 Å². The highest BCUT2D eigenvalue weighted by atomic mass is 32.1. The SMILES string of the molecule is C=Cc1nc(C(C)(CCCCC)CCCCC)cs1. The number of aromatic nitrogens is 1. The second-order valence-electron chi connectivity index (χ2n) is 5.75. The zero-order valence-corrected chi connectivity index (χ0v) is 13.7. The van der Waals surface area contributed by atoms with Crippen LogP contribution in [0.5, 0.6) is 0 Å². The van der Waals surface area contributed by atoms with Gasteiger partial charge in [-0.25, -0.2) is 4.98 Å². The summed E-state index contributed by atoms with van der Waals surface area (Å²) in [6, 6.07) is 0. The third-order valence-corrected chi connectivity index (χ3v) is 4.82. The fraction of sp³-hybridized carbons (Fsp3) is 0.706. The van der Waals surface area contributed by atoms with Crippen molar-refractivity contribution in [3.05, 3.63) is 22.7 Å². The van der Waals surface area contributed by atoms with E-state index in [1.807, 2.05) is 6.08 Å². The molecule has 0 saturated heterocycles. The topological polar surface area (TPSA) is 12.9 Å². The van der Waals surface area contributed by atoms with E-state index in [1.54, 1.807) is 11.3 Å². The maximum atomic E-state index is 4.76. The highest BCUT2D eigenvalue weighted by Crippen LogP contribution is 2.36. The van der Waals surface area contributed by atoms with Gasteiger partial charge in [-0.3, -0.25) is 0 Å². The molecule has 108 valence electrons. The van der Waals surface area contributed by atoms with Gasteiger partial charge >= 0.3 is 0 Å². The molecule has 0 radical (unpaired) electrons. The van der Waals surface area contributed by atoms with Gasteiger partial charge in [0, 0.05) is 10.8 Å². The lowest BCUT2D eigenvalue weighted by atomic mass is 9.77. The Hall–Kier alpha value is -0.630. The lowest BCUT2D eigenvalue weighted by Gasteiger charge is -2.28. The predicted molar refractivity (Wildman–Crippen MR) is 87.8 cm³/mol. The van der Waals surface area contributed by atoms with Crippen molar-refractivity contribution in [2.24, 2.45) is 0 Å². The highest BCUT2D eigenvalue weighted by Gasteiger charge is 2.28. The highest BCUT2D eigenvalue weighted by molar-refractivity contribution is 7.10. The van der Waals surface area contributed by atoms with E-state index < -0.39 is 0 Å². The molecule has 1 aromatic heterocycles. The van der Waals surface area contributed by atoms with Crippen LogP contribution in [0.25, 0.3) is 6.08 Å². The first-order chi connectivity index (χ1) is 9.16. The van der Waals surface area contributed by atoms with Gasteiger partial charge in [0.25, 0.3) is 0 Å². The summed E-state index contributed by atoms with van der Waals surface area (Å²) >= 11 is 1.73. The normalized spacial score (nSPS) is 11.7. The van der Waals surface area contributed by atoms with Crippen LogP contribution in [0, 0.1) is 0 Å². The number of thiazole rings is 1. The molecular weight excluding hydrogens is 250 g/mol. The minimum atomic E-state index is 0.266. The molecule has 0 aliphatic carbocycles. The number of nitrogens with zero attached hydrogens (tertiary/aromatic N) is 1. The second-order valence-corrected chi connectivity index (χ2v) is 6.64. The maximum Gasteiger partial charge on any atom is 0.115 e. The number of hydrogen-bond donors (Lipinski definition) is 0. The summed E-state index contributed by atoms with van der Waals surface area (Å²) in [6.07, 6.45) is 12.3. The van der Waals surface area contributed by atoms with E-state index in [0.717, 1.165) is 5.01 Å². The average Bonchev–Trinajstić information content (AvgIpc) is 2.89. The first kappa shape index (κ1) is 16.4. The fourth-order valence-corrected chi connectivity index (χ4v) is 3.39. The third kappa shape index (κ3) is 5.10. The summed E-state index contributed by atoms with van der Waals surface area (Å²) in [5.74, 6) is 0. The first-order valence-electron chi connectivity index (χ1n) is 7.74. The molecule has 1 heterocycles. The predicted octanol–water partition coefficient (Wildman–Crippen LogP) is 6.20. The molecule has 0 aromatic carbocycles. The lowest BCUT2D eigenvalue weighted by molar-refractivity contribution is 0.360. The summed E-state index contributed by atoms with van der Waals surface area (Å²) in [6.45, 7) is 10.8. The van der Waals surface area contributed by atoms with Gasteiger partial charge in [0.15, 0.2) is 0 Å². The summed E-state index contributed by atoms with van der Waals surface area (Å²) in [7, 11) is 0. The van der Waals surface area contributed by atoms with Crippen LogP contribution in [-0.2, 0) is 5.41 Å². The van der Waals surface area contributed by atoms with E-state index in [0.29, 0.717) is 0 Å². The van der Waals surface area contributed by atoms with Crippen LogP contribution in [0.2, 0.25) is 0 Å². The Balaban J connectivity index is 2.73. The average molecular weight is 279 g/mol. The molecule has 0 bridgehead atoms. The Bertz CT molecular complexity index is 357. The van der Waals surface area contributed by atoms with Crippen LogP contribution in [0.15, 0.2) is 12.0 Å². The van der Waals surface area contributed by atoms with Crippen LogP contribution >= 0.6 is 11.3 Å². The van der Waals surface area contributed by atoms with E-state index in [4.69, 9.17) is 4.98 Å². The molecule has 19 heavy (non-hydrogen) atoms. The van der Waals surface area contributed by atoms with E-state index in [9.17, 15) is 0 Å². The molecule has 0 spiro atoms. The summed E-state index contributed by atoms with van der Waals surface area (Å²) in [5.41, 5.74) is 1.56. The van der Waals surface area contributed by atoms with Gasteiger partial charge in [-0.15, -0.1) is 11.3 Å². The Kier molecular flexibility index (Phi) is 7.37. The molecule has 0 unspecified atom stereocenters. The van der Waals surface area contributed by atoms with Crippen LogP contribution in [0.3, 0.4) is 0 Å². The van der Waals surface area contributed by atoms with E-state index >= 15 is 0 Å². The monoisotopic (exact) mass is 279 g/mol.